The van der Waals surface area contributed by atoms with Gasteiger partial charge in [-0.1, -0.05) is 41.9 Å². The molecule has 3 aromatic rings. The maximum atomic E-state index is 13.3. The van der Waals surface area contributed by atoms with Crippen LogP contribution in [0.4, 0.5) is 10.5 Å². The predicted octanol–water partition coefficient (Wildman–Crippen LogP) is 5.83. The van der Waals surface area contributed by atoms with Crippen molar-refractivity contribution in [1.29, 1.82) is 0 Å². The van der Waals surface area contributed by atoms with E-state index in [4.69, 9.17) is 27.9 Å². The van der Waals surface area contributed by atoms with Gasteiger partial charge in [-0.3, -0.25) is 4.90 Å². The summed E-state index contributed by atoms with van der Waals surface area (Å²) in [4.78, 5) is 23.0. The van der Waals surface area contributed by atoms with E-state index in [0.29, 0.717) is 17.0 Å². The fourth-order valence-corrected chi connectivity index (χ4v) is 3.57. The highest BCUT2D eigenvalue weighted by Gasteiger charge is 2.27. The van der Waals surface area contributed by atoms with Gasteiger partial charge in [-0.05, 0) is 55.3 Å². The van der Waals surface area contributed by atoms with Crippen LogP contribution < -0.4 is 15.0 Å². The number of benzene rings is 2. The molecule has 156 valence electrons. The van der Waals surface area contributed by atoms with Crippen molar-refractivity contribution in [3.05, 3.63) is 82.4 Å². The standard InChI is InChI=1S/C22H22Cl2N4O2/c1-14(16-7-5-4-6-8-16)26-22(29)28(17-9-11-18(30-3)12-10-17)15(2)19-13-25-21(24)27-20(19)23/h4-15H,1-3H3,(H,26,29)/t14-,15?/m0/s1. The van der Waals surface area contributed by atoms with Crippen LogP contribution in [0.3, 0.4) is 0 Å². The van der Waals surface area contributed by atoms with Gasteiger partial charge in [0.1, 0.15) is 10.9 Å². The Morgan fingerprint density at radius 3 is 2.33 bits per heavy atom. The van der Waals surface area contributed by atoms with Gasteiger partial charge in [0.2, 0.25) is 5.28 Å². The highest BCUT2D eigenvalue weighted by Crippen LogP contribution is 2.32. The summed E-state index contributed by atoms with van der Waals surface area (Å²) in [6, 6.07) is 16.0. The van der Waals surface area contributed by atoms with Crippen LogP contribution in [0.2, 0.25) is 10.4 Å². The lowest BCUT2D eigenvalue weighted by Gasteiger charge is -2.31. The Labute approximate surface area is 185 Å². The molecule has 0 aliphatic rings. The minimum atomic E-state index is -0.453. The predicted molar refractivity (Wildman–Crippen MR) is 119 cm³/mol. The van der Waals surface area contributed by atoms with Crippen molar-refractivity contribution >= 4 is 34.9 Å². The summed E-state index contributed by atoms with van der Waals surface area (Å²) in [5.74, 6) is 0.692. The molecule has 1 unspecified atom stereocenters. The highest BCUT2D eigenvalue weighted by atomic mass is 35.5. The van der Waals surface area contributed by atoms with Gasteiger partial charge in [-0.15, -0.1) is 0 Å². The van der Waals surface area contributed by atoms with Crippen molar-refractivity contribution < 1.29 is 9.53 Å². The van der Waals surface area contributed by atoms with Gasteiger partial charge in [0.05, 0.1) is 19.2 Å². The second-order valence-electron chi connectivity index (χ2n) is 6.71. The average molecular weight is 445 g/mol. The van der Waals surface area contributed by atoms with Gasteiger partial charge in [-0.2, -0.15) is 0 Å². The van der Waals surface area contributed by atoms with E-state index < -0.39 is 6.04 Å². The SMILES string of the molecule is COc1ccc(N(C(=O)N[C@@H](C)c2ccccc2)C(C)c2cnc(Cl)nc2Cl)cc1. The molecule has 2 aromatic carbocycles. The van der Waals surface area contributed by atoms with Crippen molar-refractivity contribution in [2.24, 2.45) is 0 Å². The molecule has 0 spiro atoms. The molecule has 0 radical (unpaired) electrons. The number of nitrogens with one attached hydrogen (secondary N) is 1. The Morgan fingerprint density at radius 2 is 1.73 bits per heavy atom. The summed E-state index contributed by atoms with van der Waals surface area (Å²) in [5.41, 5.74) is 2.26. The summed E-state index contributed by atoms with van der Waals surface area (Å²) in [5, 5.41) is 3.30. The lowest BCUT2D eigenvalue weighted by molar-refractivity contribution is 0.241. The molecule has 0 aliphatic carbocycles. The number of hydrogen-bond donors (Lipinski definition) is 1. The van der Waals surface area contributed by atoms with Gasteiger partial charge in [0.25, 0.3) is 0 Å². The second-order valence-corrected chi connectivity index (χ2v) is 7.41. The first-order valence-electron chi connectivity index (χ1n) is 9.37. The van der Waals surface area contributed by atoms with Crippen LogP contribution in [0, 0.1) is 0 Å². The number of ether oxygens (including phenoxy) is 1. The van der Waals surface area contributed by atoms with Crippen LogP contribution >= 0.6 is 23.2 Å². The van der Waals surface area contributed by atoms with Gasteiger partial charge in [0, 0.05) is 17.4 Å². The number of rotatable bonds is 6. The van der Waals surface area contributed by atoms with Crippen molar-refractivity contribution in [2.75, 3.05) is 12.0 Å². The minimum Gasteiger partial charge on any atom is -0.497 e. The topological polar surface area (TPSA) is 67.3 Å². The molecule has 2 atom stereocenters. The molecular formula is C22H22Cl2N4O2. The monoisotopic (exact) mass is 444 g/mol. The first kappa shape index (κ1) is 21.9. The molecule has 1 N–H and O–H groups in total. The zero-order chi connectivity index (χ0) is 21.7. The van der Waals surface area contributed by atoms with Crippen molar-refractivity contribution in [1.82, 2.24) is 15.3 Å². The molecule has 0 bridgehead atoms. The Hall–Kier alpha value is -2.83. The molecule has 6 nitrogen and oxygen atoms in total. The summed E-state index contributed by atoms with van der Waals surface area (Å²) >= 11 is 12.1. The van der Waals surface area contributed by atoms with Crippen molar-refractivity contribution in [2.45, 2.75) is 25.9 Å². The first-order chi connectivity index (χ1) is 14.4. The number of carbonyl (C=O) groups excluding carboxylic acids is 1. The quantitative estimate of drug-likeness (QED) is 0.383. The normalized spacial score (nSPS) is 12.7. The average Bonchev–Trinajstić information content (AvgIpc) is 2.75. The number of amides is 2. The van der Waals surface area contributed by atoms with E-state index in [9.17, 15) is 4.79 Å². The smallest absolute Gasteiger partial charge is 0.322 e. The molecule has 0 saturated carbocycles. The van der Waals surface area contributed by atoms with Crippen LogP contribution in [-0.2, 0) is 0 Å². The molecule has 0 saturated heterocycles. The number of halogens is 2. The molecule has 1 aromatic heterocycles. The van der Waals surface area contributed by atoms with Crippen molar-refractivity contribution in [3.8, 4) is 5.75 Å². The number of nitrogens with zero attached hydrogens (tertiary/aromatic N) is 3. The maximum absolute atomic E-state index is 13.3. The molecule has 8 heteroatoms. The Morgan fingerprint density at radius 1 is 1.07 bits per heavy atom. The third kappa shape index (κ3) is 5.01. The Bertz CT molecular complexity index is 1000. The number of hydrogen-bond acceptors (Lipinski definition) is 4. The fraction of sp³-hybridized carbons (Fsp3) is 0.227. The molecular weight excluding hydrogens is 423 g/mol. The third-order valence-corrected chi connectivity index (χ3v) is 5.27. The van der Waals surface area contributed by atoms with Crippen LogP contribution in [-0.4, -0.2) is 23.1 Å². The highest BCUT2D eigenvalue weighted by molar-refractivity contribution is 6.32. The zero-order valence-electron chi connectivity index (χ0n) is 16.8. The minimum absolute atomic E-state index is 0.0501. The van der Waals surface area contributed by atoms with Crippen LogP contribution in [0.5, 0.6) is 5.75 Å². The van der Waals surface area contributed by atoms with Crippen LogP contribution in [0.1, 0.15) is 37.1 Å². The number of carbonyl (C=O) groups is 1. The number of anilines is 1. The number of aromatic nitrogens is 2. The van der Waals surface area contributed by atoms with E-state index in [1.54, 1.807) is 24.1 Å². The molecule has 0 fully saturated rings. The van der Waals surface area contributed by atoms with E-state index in [0.717, 1.165) is 5.56 Å². The largest absolute Gasteiger partial charge is 0.497 e. The molecule has 30 heavy (non-hydrogen) atoms. The van der Waals surface area contributed by atoms with E-state index in [-0.39, 0.29) is 22.5 Å². The van der Waals surface area contributed by atoms with E-state index in [2.05, 4.69) is 15.3 Å². The van der Waals surface area contributed by atoms with Gasteiger partial charge in [-0.25, -0.2) is 14.8 Å². The van der Waals surface area contributed by atoms with E-state index in [1.165, 1.54) is 6.20 Å². The molecule has 0 aliphatic heterocycles. The third-order valence-electron chi connectivity index (χ3n) is 4.79. The lowest BCUT2D eigenvalue weighted by Crippen LogP contribution is -2.42. The number of methoxy groups -OCH3 is 1. The van der Waals surface area contributed by atoms with Gasteiger partial charge < -0.3 is 10.1 Å². The van der Waals surface area contributed by atoms with Gasteiger partial charge in [0.15, 0.2) is 0 Å². The summed E-state index contributed by atoms with van der Waals surface area (Å²) in [7, 11) is 1.59. The second kappa shape index (κ2) is 9.78. The summed E-state index contributed by atoms with van der Waals surface area (Å²) in [6.45, 7) is 3.79. The fourth-order valence-electron chi connectivity index (χ4n) is 3.11. The van der Waals surface area contributed by atoms with Crippen LogP contribution in [0.15, 0.2) is 60.8 Å². The zero-order valence-corrected chi connectivity index (χ0v) is 18.4. The number of urea groups is 1. The van der Waals surface area contributed by atoms with Crippen molar-refractivity contribution in [3.63, 3.8) is 0 Å². The Balaban J connectivity index is 1.94. The summed E-state index contributed by atoms with van der Waals surface area (Å²) < 4.78 is 5.23. The molecule has 3 rings (SSSR count). The van der Waals surface area contributed by atoms with E-state index in [1.807, 2.05) is 56.3 Å². The van der Waals surface area contributed by atoms with Crippen LogP contribution in [0.25, 0.3) is 0 Å². The molecule has 2 amide bonds. The van der Waals surface area contributed by atoms with E-state index >= 15 is 0 Å². The Kier molecular flexibility index (Phi) is 7.13. The molecule has 1 heterocycles. The summed E-state index contributed by atoms with van der Waals surface area (Å²) in [6.07, 6.45) is 1.53. The first-order valence-corrected chi connectivity index (χ1v) is 10.1. The lowest BCUT2D eigenvalue weighted by atomic mass is 10.1. The maximum Gasteiger partial charge on any atom is 0.322 e. The van der Waals surface area contributed by atoms with Gasteiger partial charge >= 0.3 is 6.03 Å².